The van der Waals surface area contributed by atoms with Crippen molar-refractivity contribution in [2.45, 2.75) is 31.2 Å². The second kappa shape index (κ2) is 7.76. The van der Waals surface area contributed by atoms with E-state index in [1.54, 1.807) is 32.2 Å². The highest BCUT2D eigenvalue weighted by molar-refractivity contribution is 7.89. The van der Waals surface area contributed by atoms with E-state index < -0.39 is 27.9 Å². The lowest BCUT2D eigenvalue weighted by atomic mass is 10.0. The Balaban J connectivity index is 2.19. The topological polar surface area (TPSA) is 115 Å². The van der Waals surface area contributed by atoms with Gasteiger partial charge in [-0.15, -0.1) is 0 Å². The maximum atomic E-state index is 14.1. The third-order valence-electron chi connectivity index (χ3n) is 4.66. The molecule has 0 radical (unpaired) electrons. The van der Waals surface area contributed by atoms with Gasteiger partial charge in [0.15, 0.2) is 0 Å². The molecule has 3 N–H and O–H groups in total. The van der Waals surface area contributed by atoms with Crippen LogP contribution in [-0.4, -0.2) is 29.3 Å². The molecule has 29 heavy (non-hydrogen) atoms. The summed E-state index contributed by atoms with van der Waals surface area (Å²) in [5.41, 5.74) is 2.51. The minimum absolute atomic E-state index is 0.0550. The molecule has 1 atom stereocenters. The van der Waals surface area contributed by atoms with Gasteiger partial charge in [-0.05, 0) is 42.7 Å². The zero-order chi connectivity index (χ0) is 21.3. The first-order valence-corrected chi connectivity index (χ1v) is 10.4. The molecule has 0 saturated heterocycles. The Kier molecular flexibility index (Phi) is 5.54. The van der Waals surface area contributed by atoms with Crippen LogP contribution in [0.1, 0.15) is 24.9 Å². The lowest BCUT2D eigenvalue weighted by Gasteiger charge is -2.09. The molecule has 0 spiro atoms. The predicted octanol–water partition coefficient (Wildman–Crippen LogP) is 3.35. The van der Waals surface area contributed by atoms with E-state index in [4.69, 9.17) is 5.14 Å². The molecule has 2 aromatic carbocycles. The molecule has 0 amide bonds. The van der Waals surface area contributed by atoms with Crippen molar-refractivity contribution in [2.75, 3.05) is 0 Å². The molecule has 1 heterocycles. The maximum absolute atomic E-state index is 14.1. The molecule has 0 aliphatic heterocycles. The summed E-state index contributed by atoms with van der Waals surface area (Å²) in [4.78, 5) is 11.5. The van der Waals surface area contributed by atoms with Gasteiger partial charge < -0.3 is 5.11 Å². The first kappa shape index (κ1) is 20.7. The Morgan fingerprint density at radius 1 is 1.21 bits per heavy atom. The summed E-state index contributed by atoms with van der Waals surface area (Å²) in [6, 6.07) is 9.58. The van der Waals surface area contributed by atoms with Crippen LogP contribution in [0.3, 0.4) is 0 Å². The molecule has 3 aromatic rings. The molecule has 152 valence electrons. The third kappa shape index (κ3) is 4.20. The molecule has 1 aromatic heterocycles. The van der Waals surface area contributed by atoms with Gasteiger partial charge in [0.25, 0.3) is 0 Å². The van der Waals surface area contributed by atoms with Crippen LogP contribution >= 0.6 is 0 Å². The fraction of sp³-hybridized carbons (Fsp3) is 0.200. The van der Waals surface area contributed by atoms with Crippen molar-refractivity contribution >= 4 is 16.0 Å². The van der Waals surface area contributed by atoms with Gasteiger partial charge in [0.2, 0.25) is 10.0 Å². The summed E-state index contributed by atoms with van der Waals surface area (Å²) in [6.45, 7) is 3.37. The maximum Gasteiger partial charge on any atom is 0.328 e. The number of hydrogen-bond acceptors (Lipinski definition) is 4. The van der Waals surface area contributed by atoms with Crippen molar-refractivity contribution in [3.63, 3.8) is 0 Å². The van der Waals surface area contributed by atoms with Gasteiger partial charge in [-0.25, -0.2) is 22.7 Å². The van der Waals surface area contributed by atoms with Crippen molar-refractivity contribution in [1.82, 2.24) is 9.78 Å². The molecule has 0 aliphatic carbocycles. The van der Waals surface area contributed by atoms with E-state index in [-0.39, 0.29) is 4.90 Å². The normalized spacial score (nSPS) is 12.7. The smallest absolute Gasteiger partial charge is 0.328 e. The number of carboxylic acid groups (broad SMARTS) is 1. The van der Waals surface area contributed by atoms with Crippen LogP contribution < -0.4 is 5.14 Å². The largest absolute Gasteiger partial charge is 0.480 e. The minimum atomic E-state index is -3.85. The number of halogens is 1. The van der Waals surface area contributed by atoms with E-state index in [2.05, 4.69) is 5.10 Å². The first-order valence-electron chi connectivity index (χ1n) is 8.83. The molecular weight excluding hydrogens is 397 g/mol. The van der Waals surface area contributed by atoms with Gasteiger partial charge in [0.1, 0.15) is 17.6 Å². The summed E-state index contributed by atoms with van der Waals surface area (Å²) >= 11 is 0. The number of nitrogens with zero attached hydrogens (tertiary/aromatic N) is 2. The van der Waals surface area contributed by atoms with Crippen LogP contribution in [0.5, 0.6) is 0 Å². The number of sulfonamides is 1. The van der Waals surface area contributed by atoms with Crippen molar-refractivity contribution in [3.8, 4) is 22.4 Å². The molecule has 1 unspecified atom stereocenters. The summed E-state index contributed by atoms with van der Waals surface area (Å²) in [7, 11) is -3.85. The molecule has 7 nitrogen and oxygen atoms in total. The number of rotatable bonds is 6. The number of benzene rings is 2. The summed E-state index contributed by atoms with van der Waals surface area (Å²) in [5.74, 6) is -1.43. The number of aliphatic carboxylic acids is 1. The quantitative estimate of drug-likeness (QED) is 0.638. The standard InChI is InChI=1S/C20H20FN3O4S/c1-3-18(20(25)26)24-11-16(14-5-4-12(2)17(21)10-14)19(23-24)13-6-8-15(9-7-13)29(22,27)28/h4-11,18H,3H2,1-2H3,(H,25,26)(H2,22,27,28). The second-order valence-corrected chi connectivity index (χ2v) is 8.23. The van der Waals surface area contributed by atoms with Gasteiger partial charge in [0.05, 0.1) is 4.90 Å². The average Bonchev–Trinajstić information content (AvgIpc) is 3.08. The molecule has 9 heteroatoms. The molecule has 3 rings (SSSR count). The predicted molar refractivity (Wildman–Crippen MR) is 106 cm³/mol. The summed E-state index contributed by atoms with van der Waals surface area (Å²) < 4.78 is 38.5. The number of aromatic nitrogens is 2. The lowest BCUT2D eigenvalue weighted by molar-refractivity contribution is -0.141. The van der Waals surface area contributed by atoms with Crippen molar-refractivity contribution in [1.29, 1.82) is 0 Å². The van der Waals surface area contributed by atoms with Crippen LogP contribution in [0, 0.1) is 12.7 Å². The number of hydrogen-bond donors (Lipinski definition) is 2. The minimum Gasteiger partial charge on any atom is -0.480 e. The lowest BCUT2D eigenvalue weighted by Crippen LogP contribution is -2.18. The highest BCUT2D eigenvalue weighted by Crippen LogP contribution is 2.33. The van der Waals surface area contributed by atoms with Crippen molar-refractivity contribution in [2.24, 2.45) is 5.14 Å². The highest BCUT2D eigenvalue weighted by Gasteiger charge is 2.22. The van der Waals surface area contributed by atoms with E-state index >= 15 is 0 Å². The Labute approximate surface area is 167 Å². The Hall–Kier alpha value is -3.04. The van der Waals surface area contributed by atoms with Crippen molar-refractivity contribution < 1.29 is 22.7 Å². The van der Waals surface area contributed by atoms with E-state index in [1.165, 1.54) is 35.0 Å². The number of primary sulfonamides is 1. The number of carboxylic acids is 1. The zero-order valence-corrected chi connectivity index (χ0v) is 16.6. The molecule has 0 aliphatic rings. The molecule has 0 saturated carbocycles. The fourth-order valence-corrected chi connectivity index (χ4v) is 3.53. The molecule has 0 fully saturated rings. The number of carbonyl (C=O) groups is 1. The Morgan fingerprint density at radius 3 is 2.34 bits per heavy atom. The SMILES string of the molecule is CCC(C(=O)O)n1cc(-c2ccc(C)c(F)c2)c(-c2ccc(S(N)(=O)=O)cc2)n1. The molecule has 0 bridgehead atoms. The van der Waals surface area contributed by atoms with Crippen molar-refractivity contribution in [3.05, 3.63) is 60.0 Å². The van der Waals surface area contributed by atoms with Gasteiger partial charge in [0, 0.05) is 17.3 Å². The highest BCUT2D eigenvalue weighted by atomic mass is 32.2. The van der Waals surface area contributed by atoms with Gasteiger partial charge in [-0.1, -0.05) is 31.2 Å². The fourth-order valence-electron chi connectivity index (χ4n) is 3.01. The number of nitrogens with two attached hydrogens (primary N) is 1. The van der Waals surface area contributed by atoms with Gasteiger partial charge >= 0.3 is 5.97 Å². The summed E-state index contributed by atoms with van der Waals surface area (Å²) in [6.07, 6.45) is 1.87. The number of aryl methyl sites for hydroxylation is 1. The van der Waals surface area contributed by atoms with Crippen LogP contribution in [0.25, 0.3) is 22.4 Å². The Morgan fingerprint density at radius 2 is 1.83 bits per heavy atom. The molecular formula is C20H20FN3O4S. The average molecular weight is 417 g/mol. The van der Waals surface area contributed by atoms with E-state index in [0.29, 0.717) is 34.4 Å². The summed E-state index contributed by atoms with van der Waals surface area (Å²) in [5, 5.41) is 19.0. The van der Waals surface area contributed by atoms with Crippen LogP contribution in [0.4, 0.5) is 4.39 Å². The van der Waals surface area contributed by atoms with E-state index in [9.17, 15) is 22.7 Å². The van der Waals surface area contributed by atoms with E-state index in [1.807, 2.05) is 0 Å². The third-order valence-corrected chi connectivity index (χ3v) is 5.59. The first-order chi connectivity index (χ1) is 13.6. The van der Waals surface area contributed by atoms with Gasteiger partial charge in [-0.2, -0.15) is 5.10 Å². The zero-order valence-electron chi connectivity index (χ0n) is 15.8. The monoisotopic (exact) mass is 417 g/mol. The van der Waals surface area contributed by atoms with E-state index in [0.717, 1.165) is 0 Å². The Bertz CT molecular complexity index is 1170. The van der Waals surface area contributed by atoms with Crippen LogP contribution in [0.2, 0.25) is 0 Å². The van der Waals surface area contributed by atoms with Crippen LogP contribution in [0.15, 0.2) is 53.6 Å². The van der Waals surface area contributed by atoms with Gasteiger partial charge in [-0.3, -0.25) is 4.68 Å². The second-order valence-electron chi connectivity index (χ2n) is 6.67. The van der Waals surface area contributed by atoms with Crippen LogP contribution in [-0.2, 0) is 14.8 Å².